The molecule has 2 saturated carbocycles. The predicted octanol–water partition coefficient (Wildman–Crippen LogP) is 5.26. The van der Waals surface area contributed by atoms with Gasteiger partial charge in [-0.05, 0) is 113 Å². The van der Waals surface area contributed by atoms with Gasteiger partial charge in [0.1, 0.15) is 0 Å². The van der Waals surface area contributed by atoms with Gasteiger partial charge < -0.3 is 5.73 Å². The highest BCUT2D eigenvalue weighted by Crippen LogP contribution is 2.59. The molecular formula is C28H45N3. The van der Waals surface area contributed by atoms with Crippen molar-refractivity contribution in [2.45, 2.75) is 95.2 Å². The van der Waals surface area contributed by atoms with Crippen molar-refractivity contribution in [3.8, 4) is 0 Å². The van der Waals surface area contributed by atoms with Crippen LogP contribution < -0.4 is 5.73 Å². The van der Waals surface area contributed by atoms with Crippen molar-refractivity contribution in [2.75, 3.05) is 26.2 Å². The summed E-state index contributed by atoms with van der Waals surface area (Å²) in [5.41, 5.74) is 8.93. The zero-order chi connectivity index (χ0) is 20.3. The summed E-state index contributed by atoms with van der Waals surface area (Å²) < 4.78 is 0. The van der Waals surface area contributed by atoms with Crippen molar-refractivity contribution in [1.29, 1.82) is 0 Å². The van der Waals surface area contributed by atoms with Crippen LogP contribution in [0.4, 0.5) is 0 Å². The molecular weight excluding hydrogens is 378 g/mol. The van der Waals surface area contributed by atoms with E-state index in [0.717, 1.165) is 23.7 Å². The topological polar surface area (TPSA) is 32.5 Å². The normalized spacial score (nSPS) is 40.6. The van der Waals surface area contributed by atoms with E-state index in [2.05, 4.69) is 47.1 Å². The summed E-state index contributed by atoms with van der Waals surface area (Å²) in [6.07, 6.45) is 12.8. The molecule has 2 aliphatic carbocycles. The Hall–Kier alpha value is -0.900. The van der Waals surface area contributed by atoms with Crippen molar-refractivity contribution in [3.63, 3.8) is 0 Å². The Morgan fingerprint density at radius 3 is 1.84 bits per heavy atom. The van der Waals surface area contributed by atoms with Gasteiger partial charge in [0.15, 0.2) is 0 Å². The van der Waals surface area contributed by atoms with Crippen LogP contribution in [0.3, 0.4) is 0 Å². The number of piperidine rings is 6. The molecule has 2 N–H and O–H groups in total. The maximum Gasteiger partial charge on any atom is 0.0364 e. The monoisotopic (exact) mass is 423 g/mol. The summed E-state index contributed by atoms with van der Waals surface area (Å²) in [5.74, 6) is 3.59. The van der Waals surface area contributed by atoms with Crippen LogP contribution >= 0.6 is 0 Å². The Kier molecular flexibility index (Phi) is 5.76. The van der Waals surface area contributed by atoms with Crippen molar-refractivity contribution in [1.82, 2.24) is 9.80 Å². The zero-order valence-corrected chi connectivity index (χ0v) is 18.9. The van der Waals surface area contributed by atoms with E-state index in [4.69, 9.17) is 5.73 Å². The van der Waals surface area contributed by atoms with E-state index in [1.165, 1.54) is 89.5 Å². The first-order valence-electron chi connectivity index (χ1n) is 12.9. The Morgan fingerprint density at radius 2 is 1.35 bits per heavy atom. The quantitative estimate of drug-likeness (QED) is 0.719. The van der Waals surface area contributed by atoms with Crippen LogP contribution in [-0.4, -0.2) is 53.1 Å². The lowest BCUT2D eigenvalue weighted by Crippen LogP contribution is -2.63. The van der Waals surface area contributed by atoms with E-state index in [1.807, 2.05) is 0 Å². The Morgan fingerprint density at radius 1 is 0.839 bits per heavy atom. The molecule has 0 amide bonds. The van der Waals surface area contributed by atoms with Gasteiger partial charge >= 0.3 is 0 Å². The molecule has 9 rings (SSSR count). The number of fused-ring (bicyclic) bond motifs is 4. The van der Waals surface area contributed by atoms with Crippen LogP contribution in [0.5, 0.6) is 0 Å². The number of hydrogen-bond acceptors (Lipinski definition) is 3. The van der Waals surface area contributed by atoms with Gasteiger partial charge in [0.05, 0.1) is 0 Å². The summed E-state index contributed by atoms with van der Waals surface area (Å²) in [6.45, 7) is 7.88. The Balaban J connectivity index is 0.000000145. The van der Waals surface area contributed by atoms with Crippen LogP contribution in [0.2, 0.25) is 0 Å². The molecule has 8 aliphatic rings. The maximum atomic E-state index is 6.22. The number of hydrogen-bond donors (Lipinski definition) is 1. The highest BCUT2D eigenvalue weighted by molar-refractivity contribution is 5.21. The minimum atomic E-state index is 0. The van der Waals surface area contributed by atoms with E-state index < -0.39 is 0 Å². The Bertz CT molecular complexity index is 733. The Labute approximate surface area is 190 Å². The molecule has 172 valence electrons. The van der Waals surface area contributed by atoms with Gasteiger partial charge in [0.25, 0.3) is 0 Å². The zero-order valence-electron chi connectivity index (χ0n) is 18.9. The van der Waals surface area contributed by atoms with E-state index in [0.29, 0.717) is 17.1 Å². The van der Waals surface area contributed by atoms with Crippen LogP contribution in [-0.2, 0) is 0 Å². The highest BCUT2D eigenvalue weighted by atomic mass is 15.3. The number of nitrogens with two attached hydrogens (primary N) is 1. The second kappa shape index (κ2) is 8.15. The van der Waals surface area contributed by atoms with Crippen LogP contribution in [0.1, 0.15) is 83.6 Å². The van der Waals surface area contributed by atoms with Crippen LogP contribution in [0.25, 0.3) is 0 Å². The summed E-state index contributed by atoms with van der Waals surface area (Å²) in [5, 5.41) is 0. The molecule has 31 heavy (non-hydrogen) atoms. The molecule has 0 radical (unpaired) electrons. The second-order valence-electron chi connectivity index (χ2n) is 11.5. The van der Waals surface area contributed by atoms with Gasteiger partial charge in [0, 0.05) is 17.1 Å². The summed E-state index contributed by atoms with van der Waals surface area (Å²) in [7, 11) is 0. The van der Waals surface area contributed by atoms with E-state index >= 15 is 0 Å². The number of nitrogens with zero attached hydrogens (tertiary/aromatic N) is 2. The third kappa shape index (κ3) is 3.60. The molecule has 8 fully saturated rings. The first-order valence-corrected chi connectivity index (χ1v) is 12.9. The fourth-order valence-electron chi connectivity index (χ4n) is 8.08. The predicted molar refractivity (Wildman–Crippen MR) is 130 cm³/mol. The van der Waals surface area contributed by atoms with E-state index in [-0.39, 0.29) is 7.43 Å². The van der Waals surface area contributed by atoms with Gasteiger partial charge in [-0.15, -0.1) is 0 Å². The molecule has 6 saturated heterocycles. The smallest absolute Gasteiger partial charge is 0.0364 e. The van der Waals surface area contributed by atoms with Crippen molar-refractivity contribution in [2.24, 2.45) is 23.5 Å². The SMILES string of the molecule is C.C[C@H](C[C@H]1C2CCN(CC2)C12CC2)c1ccccc1.N[C@H]1C2CCN(CC2)C12CC2. The lowest BCUT2D eigenvalue weighted by molar-refractivity contribution is -0.0325. The lowest BCUT2D eigenvalue weighted by Gasteiger charge is -2.53. The third-order valence-corrected chi connectivity index (χ3v) is 10.2. The van der Waals surface area contributed by atoms with Gasteiger partial charge in [-0.2, -0.15) is 0 Å². The van der Waals surface area contributed by atoms with Gasteiger partial charge in [0.2, 0.25) is 0 Å². The molecule has 6 aliphatic heterocycles. The third-order valence-electron chi connectivity index (χ3n) is 10.2. The molecule has 3 nitrogen and oxygen atoms in total. The first-order chi connectivity index (χ1) is 14.6. The standard InChI is InChI=1S/C18H25N.C9H16N2.CH4/c1-14(15-5-3-2-4-6-15)13-17-16-7-11-19(12-8-16)18(17)9-10-18;10-8-7-1-5-11(6-2-7)9(8)3-4-9;/h2-6,14,16-17H,7-13H2,1H3;7-8H,1-6,10H2;1H4/t14-,17+;8-;/m10./s1. The minimum Gasteiger partial charge on any atom is -0.326 e. The van der Waals surface area contributed by atoms with E-state index in [1.54, 1.807) is 0 Å². The van der Waals surface area contributed by atoms with Crippen molar-refractivity contribution in [3.05, 3.63) is 35.9 Å². The number of rotatable bonds is 3. The summed E-state index contributed by atoms with van der Waals surface area (Å²) >= 11 is 0. The van der Waals surface area contributed by atoms with Crippen molar-refractivity contribution < 1.29 is 0 Å². The summed E-state index contributed by atoms with van der Waals surface area (Å²) in [4.78, 5) is 5.49. The molecule has 1 aromatic rings. The van der Waals surface area contributed by atoms with Gasteiger partial charge in [-0.3, -0.25) is 9.80 Å². The first kappa shape index (κ1) is 21.9. The average Bonchev–Trinajstić information content (AvgIpc) is 3.73. The van der Waals surface area contributed by atoms with Gasteiger partial charge in [-0.25, -0.2) is 0 Å². The van der Waals surface area contributed by atoms with Gasteiger partial charge in [-0.1, -0.05) is 44.7 Å². The van der Waals surface area contributed by atoms with Crippen LogP contribution in [0, 0.1) is 17.8 Å². The lowest BCUT2D eigenvalue weighted by atomic mass is 9.68. The molecule has 3 heteroatoms. The average molecular weight is 424 g/mol. The minimum absolute atomic E-state index is 0. The molecule has 1 aromatic carbocycles. The molecule has 2 spiro atoms. The maximum absolute atomic E-state index is 6.22. The fraction of sp³-hybridized carbons (Fsp3) is 0.786. The molecule has 3 atom stereocenters. The molecule has 0 aromatic heterocycles. The highest BCUT2D eigenvalue weighted by Gasteiger charge is 2.60. The van der Waals surface area contributed by atoms with Crippen molar-refractivity contribution >= 4 is 0 Å². The fourth-order valence-corrected chi connectivity index (χ4v) is 8.08. The second-order valence-corrected chi connectivity index (χ2v) is 11.5. The van der Waals surface area contributed by atoms with E-state index in [9.17, 15) is 0 Å². The summed E-state index contributed by atoms with van der Waals surface area (Å²) in [6, 6.07) is 11.7. The molecule has 4 bridgehead atoms. The van der Waals surface area contributed by atoms with Crippen LogP contribution in [0.15, 0.2) is 30.3 Å². The largest absolute Gasteiger partial charge is 0.326 e. The molecule has 0 unspecified atom stereocenters. The molecule has 6 heterocycles. The number of benzene rings is 1.